The van der Waals surface area contributed by atoms with Crippen LogP contribution < -0.4 is 0 Å². The lowest BCUT2D eigenvalue weighted by Gasteiger charge is -2.18. The number of hydrogen-bond acceptors (Lipinski definition) is 3. The van der Waals surface area contributed by atoms with Gasteiger partial charge in [-0.25, -0.2) is 0 Å². The lowest BCUT2D eigenvalue weighted by Crippen LogP contribution is -2.30. The normalized spacial score (nSPS) is 13.6. The summed E-state index contributed by atoms with van der Waals surface area (Å²) in [5.41, 5.74) is -0.514. The second kappa shape index (κ2) is 4.52. The molecule has 2 rings (SSSR count). The smallest absolute Gasteiger partial charge is 0.188 e. The molecule has 1 aromatic carbocycles. The summed E-state index contributed by atoms with van der Waals surface area (Å²) in [5.74, 6) is -0.150. The van der Waals surface area contributed by atoms with E-state index < -0.39 is 5.41 Å². The zero-order valence-corrected chi connectivity index (χ0v) is 10.2. The number of carbonyl (C=O) groups excluding carboxylic acids is 1. The van der Waals surface area contributed by atoms with Crippen LogP contribution in [0, 0.1) is 11.3 Å². The van der Waals surface area contributed by atoms with E-state index in [4.69, 9.17) is 0 Å². The number of carbonyl (C=O) groups is 1. The van der Waals surface area contributed by atoms with Crippen LogP contribution in [0.1, 0.15) is 22.2 Å². The number of rotatable bonds is 3. The van der Waals surface area contributed by atoms with Crippen molar-refractivity contribution in [1.29, 1.82) is 5.26 Å². The first-order chi connectivity index (χ1) is 8.18. The van der Waals surface area contributed by atoms with E-state index in [1.54, 1.807) is 31.2 Å². The molecule has 0 amide bonds. The summed E-state index contributed by atoms with van der Waals surface area (Å²) in [6.45, 7) is 1.67. The molecule has 17 heavy (non-hydrogen) atoms. The minimum Gasteiger partial charge on any atom is -0.292 e. The van der Waals surface area contributed by atoms with E-state index in [1.807, 2.05) is 23.6 Å². The van der Waals surface area contributed by atoms with Gasteiger partial charge in [-0.2, -0.15) is 5.26 Å². The molecule has 0 aliphatic rings. The van der Waals surface area contributed by atoms with Crippen LogP contribution in [0.2, 0.25) is 0 Å². The van der Waals surface area contributed by atoms with Gasteiger partial charge in [0, 0.05) is 10.4 Å². The topological polar surface area (TPSA) is 40.9 Å². The first-order valence-corrected chi connectivity index (χ1v) is 6.11. The highest BCUT2D eigenvalue weighted by Gasteiger charge is 2.36. The highest BCUT2D eigenvalue weighted by Crippen LogP contribution is 2.30. The second-order valence-electron chi connectivity index (χ2n) is 3.91. The number of benzene rings is 1. The zero-order valence-electron chi connectivity index (χ0n) is 9.38. The van der Waals surface area contributed by atoms with Crippen molar-refractivity contribution in [2.24, 2.45) is 0 Å². The molecule has 0 saturated carbocycles. The van der Waals surface area contributed by atoms with Gasteiger partial charge in [0.25, 0.3) is 0 Å². The molecule has 2 aromatic rings. The third-order valence-corrected chi connectivity index (χ3v) is 3.82. The Morgan fingerprint density at radius 3 is 2.47 bits per heavy atom. The number of Topliss-reactive ketones (excluding diaryl/α,β-unsaturated/α-hetero) is 1. The van der Waals surface area contributed by atoms with E-state index in [2.05, 4.69) is 6.07 Å². The molecule has 0 saturated heterocycles. The highest BCUT2D eigenvalue weighted by molar-refractivity contribution is 7.10. The predicted octanol–water partition coefficient (Wildman–Crippen LogP) is 3.41. The van der Waals surface area contributed by atoms with Gasteiger partial charge in [0.1, 0.15) is 0 Å². The van der Waals surface area contributed by atoms with Crippen LogP contribution in [0.25, 0.3) is 0 Å². The van der Waals surface area contributed by atoms with E-state index in [0.717, 1.165) is 4.88 Å². The number of ketones is 1. The minimum absolute atomic E-state index is 0.150. The molecule has 84 valence electrons. The standard InChI is InChI=1S/C14H11NOS/c1-14(10-15,12-8-5-9-17-12)13(16)11-6-3-2-4-7-11/h2-9H,1H3. The Bertz CT molecular complexity index is 554. The van der Waals surface area contributed by atoms with Crippen LogP contribution in [-0.2, 0) is 5.41 Å². The fraction of sp³-hybridized carbons (Fsp3) is 0.143. The molecule has 1 atom stereocenters. The van der Waals surface area contributed by atoms with Gasteiger partial charge in [-0.05, 0) is 18.4 Å². The predicted molar refractivity (Wildman–Crippen MR) is 68.1 cm³/mol. The van der Waals surface area contributed by atoms with Gasteiger partial charge in [0.2, 0.25) is 0 Å². The van der Waals surface area contributed by atoms with Gasteiger partial charge in [-0.15, -0.1) is 11.3 Å². The quantitative estimate of drug-likeness (QED) is 0.773. The maximum Gasteiger partial charge on any atom is 0.188 e. The van der Waals surface area contributed by atoms with Gasteiger partial charge in [0.05, 0.1) is 6.07 Å². The average molecular weight is 241 g/mol. The number of thiophene rings is 1. The Labute approximate surface area is 104 Å². The molecule has 1 heterocycles. The van der Waals surface area contributed by atoms with Crippen molar-refractivity contribution >= 4 is 17.1 Å². The first-order valence-electron chi connectivity index (χ1n) is 5.23. The third-order valence-electron chi connectivity index (χ3n) is 2.73. The number of nitriles is 1. The molecular formula is C14H11NOS. The van der Waals surface area contributed by atoms with Gasteiger partial charge < -0.3 is 0 Å². The summed E-state index contributed by atoms with van der Waals surface area (Å²) in [4.78, 5) is 13.2. The fourth-order valence-corrected chi connectivity index (χ4v) is 2.49. The van der Waals surface area contributed by atoms with Crippen LogP contribution in [0.5, 0.6) is 0 Å². The molecule has 1 aromatic heterocycles. The summed E-state index contributed by atoms with van der Waals surface area (Å²) < 4.78 is 0. The van der Waals surface area contributed by atoms with Crippen molar-refractivity contribution in [3.63, 3.8) is 0 Å². The lowest BCUT2D eigenvalue weighted by molar-refractivity contribution is 0.0933. The first kappa shape index (κ1) is 11.6. The van der Waals surface area contributed by atoms with Crippen LogP contribution in [0.15, 0.2) is 47.8 Å². The minimum atomic E-state index is -1.09. The summed E-state index contributed by atoms with van der Waals surface area (Å²) in [6, 6.07) is 14.8. The molecule has 3 heteroatoms. The maximum absolute atomic E-state index is 12.4. The van der Waals surface area contributed by atoms with E-state index in [-0.39, 0.29) is 5.78 Å². The summed E-state index contributed by atoms with van der Waals surface area (Å²) in [5, 5.41) is 11.2. The van der Waals surface area contributed by atoms with Crippen LogP contribution in [0.3, 0.4) is 0 Å². The highest BCUT2D eigenvalue weighted by atomic mass is 32.1. The molecule has 0 spiro atoms. The summed E-state index contributed by atoms with van der Waals surface area (Å²) >= 11 is 1.43. The van der Waals surface area contributed by atoms with Gasteiger partial charge in [-0.1, -0.05) is 36.4 Å². The Balaban J connectivity index is 2.45. The average Bonchev–Trinajstić information content (AvgIpc) is 2.92. The molecule has 0 aliphatic carbocycles. The number of hydrogen-bond donors (Lipinski definition) is 0. The van der Waals surface area contributed by atoms with Crippen LogP contribution in [-0.4, -0.2) is 5.78 Å². The van der Waals surface area contributed by atoms with Crippen molar-refractivity contribution in [1.82, 2.24) is 0 Å². The number of nitrogens with zero attached hydrogens (tertiary/aromatic N) is 1. The molecule has 0 bridgehead atoms. The Morgan fingerprint density at radius 1 is 1.24 bits per heavy atom. The van der Waals surface area contributed by atoms with E-state index in [1.165, 1.54) is 11.3 Å². The molecule has 1 unspecified atom stereocenters. The Kier molecular flexibility index (Phi) is 3.08. The molecule has 0 aliphatic heterocycles. The fourth-order valence-electron chi connectivity index (χ4n) is 1.66. The van der Waals surface area contributed by atoms with Crippen molar-refractivity contribution < 1.29 is 4.79 Å². The molecule has 0 N–H and O–H groups in total. The van der Waals surface area contributed by atoms with Crippen molar-refractivity contribution in [2.45, 2.75) is 12.3 Å². The largest absolute Gasteiger partial charge is 0.292 e. The third kappa shape index (κ3) is 2.00. The maximum atomic E-state index is 12.4. The van der Waals surface area contributed by atoms with Crippen LogP contribution >= 0.6 is 11.3 Å². The molecule has 0 fully saturated rings. The van der Waals surface area contributed by atoms with Gasteiger partial charge >= 0.3 is 0 Å². The van der Waals surface area contributed by atoms with Crippen molar-refractivity contribution in [3.05, 3.63) is 58.3 Å². The second-order valence-corrected chi connectivity index (χ2v) is 4.86. The molecule has 0 radical (unpaired) electrons. The van der Waals surface area contributed by atoms with Crippen molar-refractivity contribution in [2.75, 3.05) is 0 Å². The van der Waals surface area contributed by atoms with Crippen molar-refractivity contribution in [3.8, 4) is 6.07 Å². The zero-order chi connectivity index (χ0) is 12.3. The Morgan fingerprint density at radius 2 is 1.94 bits per heavy atom. The van der Waals surface area contributed by atoms with E-state index in [0.29, 0.717) is 5.56 Å². The molecule has 2 nitrogen and oxygen atoms in total. The summed E-state index contributed by atoms with van der Waals surface area (Å²) in [6.07, 6.45) is 0. The Hall–Kier alpha value is -1.92. The van der Waals surface area contributed by atoms with Crippen LogP contribution in [0.4, 0.5) is 0 Å². The monoisotopic (exact) mass is 241 g/mol. The molecular weight excluding hydrogens is 230 g/mol. The van der Waals surface area contributed by atoms with Gasteiger partial charge in [0.15, 0.2) is 11.2 Å². The van der Waals surface area contributed by atoms with E-state index in [9.17, 15) is 10.1 Å². The van der Waals surface area contributed by atoms with Gasteiger partial charge in [-0.3, -0.25) is 4.79 Å². The lowest BCUT2D eigenvalue weighted by atomic mass is 9.82. The van der Waals surface area contributed by atoms with E-state index >= 15 is 0 Å². The summed E-state index contributed by atoms with van der Waals surface area (Å²) in [7, 11) is 0. The SMILES string of the molecule is CC(C#N)(C(=O)c1ccccc1)c1cccs1.